The van der Waals surface area contributed by atoms with Crippen LogP contribution in [0.25, 0.3) is 0 Å². The average Bonchev–Trinajstić information content (AvgIpc) is 2.90. The maximum Gasteiger partial charge on any atom is 0.246 e. The number of carbonyl (C=O) groups is 2. The van der Waals surface area contributed by atoms with E-state index in [2.05, 4.69) is 6.92 Å². The highest BCUT2D eigenvalue weighted by molar-refractivity contribution is 8.01. The van der Waals surface area contributed by atoms with Gasteiger partial charge in [0.15, 0.2) is 0 Å². The van der Waals surface area contributed by atoms with E-state index < -0.39 is 0 Å². The topological polar surface area (TPSA) is 60.9 Å². The summed E-state index contributed by atoms with van der Waals surface area (Å²) >= 11 is 1.73. The molecule has 3 rings (SSSR count). The Kier molecular flexibility index (Phi) is 3.49. The Hall–Kier alpha value is -0.750. The third kappa shape index (κ3) is 2.13. The van der Waals surface area contributed by atoms with Crippen molar-refractivity contribution in [2.45, 2.75) is 50.1 Å². The highest BCUT2D eigenvalue weighted by atomic mass is 32.2. The summed E-state index contributed by atoms with van der Waals surface area (Å²) in [5.41, 5.74) is 0. The van der Waals surface area contributed by atoms with Crippen LogP contribution in [0.4, 0.5) is 0 Å². The van der Waals surface area contributed by atoms with Crippen molar-refractivity contribution in [3.63, 3.8) is 0 Å². The van der Waals surface area contributed by atoms with Gasteiger partial charge in [0.1, 0.15) is 6.04 Å². The zero-order chi connectivity index (χ0) is 14.5. The highest BCUT2D eigenvalue weighted by Crippen LogP contribution is 2.47. The summed E-state index contributed by atoms with van der Waals surface area (Å²) in [6.45, 7) is 5.24. The summed E-state index contributed by atoms with van der Waals surface area (Å²) < 4.78 is 0. The number of carbonyl (C=O) groups excluding carboxylic acids is 2. The third-order valence-corrected chi connectivity index (χ3v) is 6.41. The molecule has 4 unspecified atom stereocenters. The fourth-order valence-corrected chi connectivity index (χ4v) is 4.97. The zero-order valence-electron chi connectivity index (χ0n) is 12.0. The molecule has 0 spiro atoms. The number of hydrogen-bond donors (Lipinski definition) is 1. The first-order valence-electron chi connectivity index (χ1n) is 7.35. The largest absolute Gasteiger partial charge is 0.393 e. The second-order valence-electron chi connectivity index (χ2n) is 6.38. The van der Waals surface area contributed by atoms with E-state index >= 15 is 0 Å². The van der Waals surface area contributed by atoms with Crippen LogP contribution >= 0.6 is 11.8 Å². The lowest BCUT2D eigenvalue weighted by atomic mass is 9.96. The van der Waals surface area contributed by atoms with Crippen LogP contribution in [0, 0.1) is 5.92 Å². The van der Waals surface area contributed by atoms with Gasteiger partial charge in [-0.1, -0.05) is 6.92 Å². The molecule has 3 aliphatic rings. The molecule has 4 atom stereocenters. The van der Waals surface area contributed by atoms with Crippen molar-refractivity contribution >= 4 is 23.6 Å². The lowest BCUT2D eigenvalue weighted by Gasteiger charge is -2.38. The molecule has 3 aliphatic heterocycles. The third-order valence-electron chi connectivity index (χ3n) is 4.90. The first-order valence-corrected chi connectivity index (χ1v) is 8.34. The van der Waals surface area contributed by atoms with Crippen LogP contribution in [-0.2, 0) is 9.59 Å². The number of fused-ring (bicyclic) bond motifs is 1. The molecular weight excluding hydrogens is 276 g/mol. The number of rotatable bonds is 1. The molecule has 1 N–H and O–H groups in total. The Morgan fingerprint density at radius 1 is 1.50 bits per heavy atom. The highest BCUT2D eigenvalue weighted by Gasteiger charge is 2.53. The lowest BCUT2D eigenvalue weighted by molar-refractivity contribution is -0.146. The van der Waals surface area contributed by atoms with Gasteiger partial charge in [-0.3, -0.25) is 9.59 Å². The number of likely N-dealkylation sites (tertiary alicyclic amines) is 1. The summed E-state index contributed by atoms with van der Waals surface area (Å²) in [5, 5.41) is 9.77. The molecule has 3 heterocycles. The van der Waals surface area contributed by atoms with Crippen molar-refractivity contribution in [2.24, 2.45) is 5.92 Å². The predicted octanol–water partition coefficient (Wildman–Crippen LogP) is 0.670. The number of aliphatic hydroxyl groups excluding tert-OH is 1. The maximum atomic E-state index is 12.7. The maximum absolute atomic E-state index is 12.7. The molecular formula is C14H22N2O3S. The van der Waals surface area contributed by atoms with Gasteiger partial charge in [-0.15, -0.1) is 11.8 Å². The van der Waals surface area contributed by atoms with Crippen molar-refractivity contribution < 1.29 is 14.7 Å². The number of hydrogen-bond acceptors (Lipinski definition) is 4. The van der Waals surface area contributed by atoms with E-state index in [0.717, 1.165) is 6.42 Å². The van der Waals surface area contributed by atoms with E-state index in [1.54, 1.807) is 11.8 Å². The smallest absolute Gasteiger partial charge is 0.246 e. The molecule has 0 bridgehead atoms. The number of thioether (sulfide) groups is 1. The van der Waals surface area contributed by atoms with Gasteiger partial charge in [-0.25, -0.2) is 0 Å². The number of aliphatic hydroxyl groups is 1. The Morgan fingerprint density at radius 3 is 2.95 bits per heavy atom. The Balaban J connectivity index is 1.73. The zero-order valence-corrected chi connectivity index (χ0v) is 12.9. The summed E-state index contributed by atoms with van der Waals surface area (Å²) in [6, 6.07) is -0.303. The molecule has 6 heteroatoms. The minimum Gasteiger partial charge on any atom is -0.393 e. The summed E-state index contributed by atoms with van der Waals surface area (Å²) in [7, 11) is 0. The van der Waals surface area contributed by atoms with Crippen molar-refractivity contribution in [1.82, 2.24) is 9.80 Å². The van der Waals surface area contributed by atoms with Gasteiger partial charge in [-0.05, 0) is 25.7 Å². The molecule has 0 aliphatic carbocycles. The Labute approximate surface area is 123 Å². The van der Waals surface area contributed by atoms with Gasteiger partial charge in [0.2, 0.25) is 11.8 Å². The molecule has 0 aromatic carbocycles. The van der Waals surface area contributed by atoms with E-state index in [1.165, 1.54) is 0 Å². The first-order chi connectivity index (χ1) is 9.42. The summed E-state index contributed by atoms with van der Waals surface area (Å²) in [6.07, 6.45) is 1.73. The summed E-state index contributed by atoms with van der Waals surface area (Å²) in [4.78, 5) is 28.3. The van der Waals surface area contributed by atoms with Crippen LogP contribution in [0.3, 0.4) is 0 Å². The molecule has 3 saturated heterocycles. The van der Waals surface area contributed by atoms with Crippen molar-refractivity contribution in [1.29, 1.82) is 0 Å². The van der Waals surface area contributed by atoms with Crippen molar-refractivity contribution in [3.05, 3.63) is 0 Å². The fraction of sp³-hybridized carbons (Fsp3) is 0.857. The van der Waals surface area contributed by atoms with Gasteiger partial charge in [-0.2, -0.15) is 0 Å². The molecule has 2 amide bonds. The van der Waals surface area contributed by atoms with Crippen molar-refractivity contribution in [2.75, 3.05) is 18.8 Å². The van der Waals surface area contributed by atoms with E-state index in [4.69, 9.17) is 0 Å². The van der Waals surface area contributed by atoms with E-state index in [0.29, 0.717) is 31.7 Å². The van der Waals surface area contributed by atoms with Crippen LogP contribution in [0.2, 0.25) is 0 Å². The fourth-order valence-electron chi connectivity index (χ4n) is 3.55. The SMILES string of the molecule is CC1CN(C(=O)C2CSC3(C)CCC(=O)N23)CCC1O. The van der Waals surface area contributed by atoms with Gasteiger partial charge in [0.25, 0.3) is 0 Å². The minimum absolute atomic E-state index is 0.0650. The number of piperidine rings is 1. The lowest BCUT2D eigenvalue weighted by Crippen LogP contribution is -2.54. The Morgan fingerprint density at radius 2 is 2.25 bits per heavy atom. The van der Waals surface area contributed by atoms with Crippen LogP contribution < -0.4 is 0 Å². The monoisotopic (exact) mass is 298 g/mol. The second kappa shape index (κ2) is 4.91. The van der Waals surface area contributed by atoms with Crippen LogP contribution in [0.15, 0.2) is 0 Å². The molecule has 112 valence electrons. The number of nitrogens with zero attached hydrogens (tertiary/aromatic N) is 2. The van der Waals surface area contributed by atoms with E-state index in [1.807, 2.05) is 16.7 Å². The quantitative estimate of drug-likeness (QED) is 0.773. The standard InChI is InChI=1S/C14H22N2O3S/c1-9-7-15(6-4-11(9)17)13(19)10-8-20-14(2)5-3-12(18)16(10)14/h9-11,17H,3-8H2,1-2H3. The van der Waals surface area contributed by atoms with Crippen molar-refractivity contribution in [3.8, 4) is 0 Å². The molecule has 0 saturated carbocycles. The van der Waals surface area contributed by atoms with Gasteiger partial charge >= 0.3 is 0 Å². The summed E-state index contributed by atoms with van der Waals surface area (Å²) in [5.74, 6) is 0.993. The molecule has 3 fully saturated rings. The van der Waals surface area contributed by atoms with Crippen LogP contribution in [0.5, 0.6) is 0 Å². The van der Waals surface area contributed by atoms with E-state index in [-0.39, 0.29) is 34.7 Å². The van der Waals surface area contributed by atoms with Crippen LogP contribution in [0.1, 0.15) is 33.1 Å². The normalized spacial score (nSPS) is 41.1. The van der Waals surface area contributed by atoms with Gasteiger partial charge in [0.05, 0.1) is 11.0 Å². The Bertz CT molecular complexity index is 444. The molecule has 0 radical (unpaired) electrons. The predicted molar refractivity (Wildman–Crippen MR) is 77.1 cm³/mol. The molecule has 20 heavy (non-hydrogen) atoms. The van der Waals surface area contributed by atoms with Crippen LogP contribution in [-0.4, -0.2) is 62.6 Å². The van der Waals surface area contributed by atoms with Gasteiger partial charge in [0, 0.05) is 25.3 Å². The van der Waals surface area contributed by atoms with Gasteiger partial charge < -0.3 is 14.9 Å². The molecule has 0 aromatic heterocycles. The average molecular weight is 298 g/mol. The van der Waals surface area contributed by atoms with E-state index in [9.17, 15) is 14.7 Å². The first kappa shape index (κ1) is 14.2. The molecule has 5 nitrogen and oxygen atoms in total. The molecule has 0 aromatic rings. The second-order valence-corrected chi connectivity index (χ2v) is 7.88. The number of amides is 2. The minimum atomic E-state index is -0.310.